The molecule has 0 aliphatic carbocycles. The summed E-state index contributed by atoms with van der Waals surface area (Å²) < 4.78 is 0. The summed E-state index contributed by atoms with van der Waals surface area (Å²) in [4.78, 5) is 17.3. The number of carbonyl (C=O) groups is 1. The Morgan fingerprint density at radius 3 is 2.69 bits per heavy atom. The van der Waals surface area contributed by atoms with E-state index in [1.165, 1.54) is 11.8 Å². The maximum Gasteiger partial charge on any atom is 0.256 e. The summed E-state index contributed by atoms with van der Waals surface area (Å²) in [7, 11) is 0. The van der Waals surface area contributed by atoms with Gasteiger partial charge in [0.25, 0.3) is 5.91 Å². The van der Waals surface area contributed by atoms with E-state index in [-0.39, 0.29) is 11.2 Å². The van der Waals surface area contributed by atoms with E-state index < -0.39 is 0 Å². The normalized spacial score (nSPS) is 12.2. The van der Waals surface area contributed by atoms with Crippen molar-refractivity contribution in [3.8, 4) is 0 Å². The molecule has 0 saturated heterocycles. The van der Waals surface area contributed by atoms with Crippen LogP contribution in [0.3, 0.4) is 0 Å². The van der Waals surface area contributed by atoms with Crippen LogP contribution in [-0.4, -0.2) is 17.8 Å². The zero-order chi connectivity index (χ0) is 12.0. The van der Waals surface area contributed by atoms with Crippen LogP contribution in [0.2, 0.25) is 5.02 Å². The van der Waals surface area contributed by atoms with Crippen LogP contribution in [0.25, 0.3) is 0 Å². The van der Waals surface area contributed by atoms with Crippen molar-refractivity contribution in [2.24, 2.45) is 0 Å². The van der Waals surface area contributed by atoms with E-state index in [1.54, 1.807) is 12.1 Å². The fourth-order valence-electron chi connectivity index (χ4n) is 0.997. The Bertz CT molecular complexity index is 342. The van der Waals surface area contributed by atoms with Gasteiger partial charge in [-0.2, -0.15) is 0 Å². The number of nitrogens with one attached hydrogen (secondary N) is 1. The van der Waals surface area contributed by atoms with E-state index in [2.05, 4.69) is 5.48 Å². The molecule has 0 heterocycles. The highest BCUT2D eigenvalue weighted by Gasteiger charge is 2.13. The second kappa shape index (κ2) is 6.78. The molecule has 0 aliphatic heterocycles. The van der Waals surface area contributed by atoms with E-state index >= 15 is 0 Å². The summed E-state index contributed by atoms with van der Waals surface area (Å²) in [6, 6.07) is 7.38. The van der Waals surface area contributed by atoms with E-state index in [0.29, 0.717) is 11.6 Å². The minimum absolute atomic E-state index is 0.137. The minimum atomic E-state index is -0.201. The third-order valence-corrected chi connectivity index (χ3v) is 3.18. The first kappa shape index (κ1) is 13.4. The van der Waals surface area contributed by atoms with Crippen molar-refractivity contribution in [2.45, 2.75) is 24.0 Å². The van der Waals surface area contributed by atoms with Gasteiger partial charge in [-0.1, -0.05) is 11.6 Å². The molecule has 0 radical (unpaired) electrons. The summed E-state index contributed by atoms with van der Waals surface area (Å²) in [6.07, 6.45) is 0. The van der Waals surface area contributed by atoms with Gasteiger partial charge in [-0.05, 0) is 38.1 Å². The molecule has 1 atom stereocenters. The number of thioether (sulfide) groups is 1. The summed E-state index contributed by atoms with van der Waals surface area (Å²) in [5.41, 5.74) is 2.38. The van der Waals surface area contributed by atoms with Gasteiger partial charge in [-0.25, -0.2) is 5.48 Å². The molecule has 1 aromatic carbocycles. The molecule has 5 heteroatoms. The number of rotatable bonds is 5. The first-order chi connectivity index (χ1) is 7.63. The standard InChI is InChI=1S/C11H14ClNO2S/c1-3-15-13-11(14)8(2)16-10-6-4-9(12)5-7-10/h4-8H,3H2,1-2H3,(H,13,14). The lowest BCUT2D eigenvalue weighted by molar-refractivity contribution is -0.132. The molecule has 88 valence electrons. The van der Waals surface area contributed by atoms with Crippen molar-refractivity contribution in [3.05, 3.63) is 29.3 Å². The van der Waals surface area contributed by atoms with Crippen molar-refractivity contribution < 1.29 is 9.63 Å². The number of hydrogen-bond acceptors (Lipinski definition) is 3. The van der Waals surface area contributed by atoms with Gasteiger partial charge in [0.2, 0.25) is 0 Å². The Morgan fingerprint density at radius 2 is 2.12 bits per heavy atom. The predicted molar refractivity (Wildman–Crippen MR) is 66.5 cm³/mol. The average Bonchev–Trinajstić information content (AvgIpc) is 2.29. The van der Waals surface area contributed by atoms with Crippen LogP contribution in [0.4, 0.5) is 0 Å². The minimum Gasteiger partial charge on any atom is -0.274 e. The van der Waals surface area contributed by atoms with E-state index in [4.69, 9.17) is 16.4 Å². The fourth-order valence-corrected chi connectivity index (χ4v) is 1.98. The molecule has 0 saturated carbocycles. The maximum absolute atomic E-state index is 11.5. The summed E-state index contributed by atoms with van der Waals surface area (Å²) in [5, 5.41) is 0.489. The van der Waals surface area contributed by atoms with Gasteiger partial charge in [0, 0.05) is 9.92 Å². The molecule has 1 rings (SSSR count). The monoisotopic (exact) mass is 259 g/mol. The van der Waals surface area contributed by atoms with Crippen molar-refractivity contribution in [1.82, 2.24) is 5.48 Å². The fraction of sp³-hybridized carbons (Fsp3) is 0.364. The predicted octanol–water partition coefficient (Wildman–Crippen LogP) is 2.89. The Kier molecular flexibility index (Phi) is 5.66. The van der Waals surface area contributed by atoms with E-state index in [1.807, 2.05) is 26.0 Å². The molecule has 0 bridgehead atoms. The number of benzene rings is 1. The Balaban J connectivity index is 2.47. The van der Waals surface area contributed by atoms with E-state index in [0.717, 1.165) is 4.90 Å². The molecule has 1 aromatic rings. The largest absolute Gasteiger partial charge is 0.274 e. The van der Waals surface area contributed by atoms with Crippen LogP contribution in [0.5, 0.6) is 0 Å². The maximum atomic E-state index is 11.5. The van der Waals surface area contributed by atoms with Crippen LogP contribution in [0.1, 0.15) is 13.8 Å². The molecule has 0 aromatic heterocycles. The molecular formula is C11H14ClNO2S. The third kappa shape index (κ3) is 4.43. The van der Waals surface area contributed by atoms with Crippen molar-refractivity contribution >= 4 is 29.3 Å². The Hall–Kier alpha value is -0.710. The quantitative estimate of drug-likeness (QED) is 0.653. The van der Waals surface area contributed by atoms with E-state index in [9.17, 15) is 4.79 Å². The van der Waals surface area contributed by atoms with Gasteiger partial charge < -0.3 is 0 Å². The number of amides is 1. The highest BCUT2D eigenvalue weighted by atomic mass is 35.5. The van der Waals surface area contributed by atoms with Crippen LogP contribution < -0.4 is 5.48 Å². The Labute approximate surface area is 104 Å². The lowest BCUT2D eigenvalue weighted by Gasteiger charge is -2.11. The van der Waals surface area contributed by atoms with Crippen LogP contribution in [0.15, 0.2) is 29.2 Å². The van der Waals surface area contributed by atoms with Crippen molar-refractivity contribution in [2.75, 3.05) is 6.61 Å². The lowest BCUT2D eigenvalue weighted by Crippen LogP contribution is -2.30. The molecule has 0 fully saturated rings. The van der Waals surface area contributed by atoms with Gasteiger partial charge in [-0.15, -0.1) is 11.8 Å². The first-order valence-corrected chi connectivity index (χ1v) is 6.23. The highest BCUT2D eigenvalue weighted by molar-refractivity contribution is 8.00. The Morgan fingerprint density at radius 1 is 1.50 bits per heavy atom. The lowest BCUT2D eigenvalue weighted by atomic mass is 10.4. The molecular weight excluding hydrogens is 246 g/mol. The van der Waals surface area contributed by atoms with Crippen molar-refractivity contribution in [3.63, 3.8) is 0 Å². The third-order valence-electron chi connectivity index (χ3n) is 1.81. The van der Waals surface area contributed by atoms with Gasteiger partial charge >= 0.3 is 0 Å². The topological polar surface area (TPSA) is 38.3 Å². The second-order valence-electron chi connectivity index (χ2n) is 3.11. The smallest absolute Gasteiger partial charge is 0.256 e. The van der Waals surface area contributed by atoms with Gasteiger partial charge in [0.05, 0.1) is 11.9 Å². The second-order valence-corrected chi connectivity index (χ2v) is 4.96. The molecule has 0 aliphatic rings. The number of hydroxylamine groups is 1. The van der Waals surface area contributed by atoms with Crippen LogP contribution in [0, 0.1) is 0 Å². The SMILES string of the molecule is CCONC(=O)C(C)Sc1ccc(Cl)cc1. The first-order valence-electron chi connectivity index (χ1n) is 4.97. The van der Waals surface area contributed by atoms with Crippen LogP contribution >= 0.6 is 23.4 Å². The molecule has 1 unspecified atom stereocenters. The van der Waals surface area contributed by atoms with Gasteiger partial charge in [-0.3, -0.25) is 9.63 Å². The zero-order valence-electron chi connectivity index (χ0n) is 9.20. The van der Waals surface area contributed by atoms with Crippen LogP contribution in [-0.2, 0) is 9.63 Å². The van der Waals surface area contributed by atoms with Gasteiger partial charge in [0.1, 0.15) is 0 Å². The van der Waals surface area contributed by atoms with Crippen molar-refractivity contribution in [1.29, 1.82) is 0 Å². The average molecular weight is 260 g/mol. The zero-order valence-corrected chi connectivity index (χ0v) is 10.8. The number of halogens is 1. The molecule has 3 nitrogen and oxygen atoms in total. The molecule has 16 heavy (non-hydrogen) atoms. The summed E-state index contributed by atoms with van der Waals surface area (Å²) >= 11 is 7.23. The highest BCUT2D eigenvalue weighted by Crippen LogP contribution is 2.24. The number of carbonyl (C=O) groups excluding carboxylic acids is 1. The summed E-state index contributed by atoms with van der Waals surface area (Å²) in [6.45, 7) is 4.11. The number of hydrogen-bond donors (Lipinski definition) is 1. The summed E-state index contributed by atoms with van der Waals surface area (Å²) in [5.74, 6) is -0.137. The molecule has 0 spiro atoms. The van der Waals surface area contributed by atoms with Gasteiger partial charge in [0.15, 0.2) is 0 Å². The molecule has 1 N–H and O–H groups in total. The molecule has 1 amide bonds.